The van der Waals surface area contributed by atoms with Crippen molar-refractivity contribution in [1.82, 2.24) is 0 Å². The Bertz CT molecular complexity index is 531. The van der Waals surface area contributed by atoms with Crippen molar-refractivity contribution < 1.29 is 4.79 Å². The van der Waals surface area contributed by atoms with E-state index in [1.54, 1.807) is 0 Å². The molecule has 0 aliphatic rings. The van der Waals surface area contributed by atoms with Gasteiger partial charge >= 0.3 is 0 Å². The third-order valence-corrected chi connectivity index (χ3v) is 3.13. The molecule has 2 nitrogen and oxygen atoms in total. The quantitative estimate of drug-likeness (QED) is 0.815. The number of rotatable bonds is 5. The molecule has 2 rings (SSSR count). The number of hydrogen-bond donors (Lipinski definition) is 0. The maximum absolute atomic E-state index is 12.0. The smallest absolute Gasteiger partial charge is 0.156 e. The van der Waals surface area contributed by atoms with Gasteiger partial charge in [0.1, 0.15) is 0 Å². The van der Waals surface area contributed by atoms with E-state index in [1.165, 1.54) is 5.56 Å². The predicted molar refractivity (Wildman–Crippen MR) is 79.6 cm³/mol. The summed E-state index contributed by atoms with van der Waals surface area (Å²) in [6.45, 7) is 2.50. The van der Waals surface area contributed by atoms with Crippen LogP contribution in [-0.2, 0) is 11.2 Å². The SMILES string of the molecule is Cc1ccc(N(C)CC(=O)Cc2ccccc2)cc1. The second-order valence-electron chi connectivity index (χ2n) is 4.89. The molecule has 2 aromatic carbocycles. The molecular formula is C17H19NO. The van der Waals surface area contributed by atoms with Crippen LogP contribution in [0, 0.1) is 6.92 Å². The van der Waals surface area contributed by atoms with Crippen LogP contribution < -0.4 is 4.90 Å². The monoisotopic (exact) mass is 253 g/mol. The lowest BCUT2D eigenvalue weighted by Gasteiger charge is -2.18. The molecule has 0 aromatic heterocycles. The minimum Gasteiger partial charge on any atom is -0.367 e. The number of Topliss-reactive ketones (excluding diaryl/α,β-unsaturated/α-hetero) is 1. The van der Waals surface area contributed by atoms with Gasteiger partial charge in [-0.05, 0) is 24.6 Å². The highest BCUT2D eigenvalue weighted by Crippen LogP contribution is 2.13. The highest BCUT2D eigenvalue weighted by atomic mass is 16.1. The lowest BCUT2D eigenvalue weighted by atomic mass is 10.1. The van der Waals surface area contributed by atoms with Crippen LogP contribution in [-0.4, -0.2) is 19.4 Å². The summed E-state index contributed by atoms with van der Waals surface area (Å²) in [7, 11) is 1.95. The van der Waals surface area contributed by atoms with E-state index in [2.05, 4.69) is 19.1 Å². The van der Waals surface area contributed by atoms with Crippen LogP contribution in [0.15, 0.2) is 54.6 Å². The molecule has 0 radical (unpaired) electrons. The van der Waals surface area contributed by atoms with Crippen LogP contribution in [0.3, 0.4) is 0 Å². The molecule has 0 heterocycles. The Hall–Kier alpha value is -2.09. The fraction of sp³-hybridized carbons (Fsp3) is 0.235. The van der Waals surface area contributed by atoms with Gasteiger partial charge in [-0.1, -0.05) is 48.0 Å². The zero-order valence-corrected chi connectivity index (χ0v) is 11.5. The van der Waals surface area contributed by atoms with E-state index in [9.17, 15) is 4.79 Å². The van der Waals surface area contributed by atoms with E-state index in [4.69, 9.17) is 0 Å². The molecular weight excluding hydrogens is 234 g/mol. The number of hydrogen-bond acceptors (Lipinski definition) is 2. The van der Waals surface area contributed by atoms with Crippen LogP contribution in [0.1, 0.15) is 11.1 Å². The summed E-state index contributed by atoms with van der Waals surface area (Å²) in [5.74, 6) is 0.231. The molecule has 0 N–H and O–H groups in total. The summed E-state index contributed by atoms with van der Waals surface area (Å²) in [6.07, 6.45) is 0.497. The summed E-state index contributed by atoms with van der Waals surface area (Å²) in [4.78, 5) is 14.0. The number of nitrogens with zero attached hydrogens (tertiary/aromatic N) is 1. The fourth-order valence-electron chi connectivity index (χ4n) is 2.03. The van der Waals surface area contributed by atoms with Gasteiger partial charge in [-0.25, -0.2) is 0 Å². The lowest BCUT2D eigenvalue weighted by molar-refractivity contribution is -0.117. The van der Waals surface area contributed by atoms with Gasteiger partial charge in [-0.2, -0.15) is 0 Å². The van der Waals surface area contributed by atoms with Crippen LogP contribution >= 0.6 is 0 Å². The minimum atomic E-state index is 0.231. The average molecular weight is 253 g/mol. The first-order valence-electron chi connectivity index (χ1n) is 6.48. The van der Waals surface area contributed by atoms with E-state index in [-0.39, 0.29) is 5.78 Å². The van der Waals surface area contributed by atoms with Crippen molar-refractivity contribution in [3.05, 3.63) is 65.7 Å². The van der Waals surface area contributed by atoms with Crippen molar-refractivity contribution in [2.24, 2.45) is 0 Å². The topological polar surface area (TPSA) is 20.3 Å². The van der Waals surface area contributed by atoms with Gasteiger partial charge in [0.05, 0.1) is 6.54 Å². The molecule has 19 heavy (non-hydrogen) atoms. The number of carbonyl (C=O) groups is 1. The van der Waals surface area contributed by atoms with E-state index in [0.717, 1.165) is 11.3 Å². The van der Waals surface area contributed by atoms with Gasteiger partial charge in [-0.15, -0.1) is 0 Å². The summed E-state index contributed by atoms with van der Waals surface area (Å²) in [6, 6.07) is 18.1. The number of aryl methyl sites for hydroxylation is 1. The number of benzene rings is 2. The molecule has 0 unspecified atom stereocenters. The maximum atomic E-state index is 12.0. The molecule has 0 aliphatic heterocycles. The predicted octanol–water partition coefficient (Wildman–Crippen LogP) is 3.24. The molecule has 2 heteroatoms. The fourth-order valence-corrected chi connectivity index (χ4v) is 2.03. The Labute approximate surface area is 114 Å². The van der Waals surface area contributed by atoms with Crippen molar-refractivity contribution in [2.45, 2.75) is 13.3 Å². The lowest BCUT2D eigenvalue weighted by Crippen LogP contribution is -2.26. The molecule has 0 bridgehead atoms. The Morgan fingerprint density at radius 3 is 2.26 bits per heavy atom. The average Bonchev–Trinajstić information content (AvgIpc) is 2.40. The third-order valence-electron chi connectivity index (χ3n) is 3.13. The Morgan fingerprint density at radius 2 is 1.63 bits per heavy atom. The van der Waals surface area contributed by atoms with Crippen LogP contribution in [0.25, 0.3) is 0 Å². The molecule has 98 valence electrons. The van der Waals surface area contributed by atoms with Crippen LogP contribution in [0.4, 0.5) is 5.69 Å². The minimum absolute atomic E-state index is 0.231. The largest absolute Gasteiger partial charge is 0.367 e. The summed E-state index contributed by atoms with van der Waals surface area (Å²) in [5.41, 5.74) is 3.38. The number of ketones is 1. The Balaban J connectivity index is 1.93. The zero-order chi connectivity index (χ0) is 13.7. The van der Waals surface area contributed by atoms with Gasteiger partial charge in [-0.3, -0.25) is 4.79 Å². The number of anilines is 1. The first-order chi connectivity index (χ1) is 9.15. The van der Waals surface area contributed by atoms with Gasteiger partial charge in [0.2, 0.25) is 0 Å². The molecule has 0 amide bonds. The number of carbonyl (C=O) groups excluding carboxylic acids is 1. The molecule has 0 fully saturated rings. The highest BCUT2D eigenvalue weighted by Gasteiger charge is 2.08. The normalized spacial score (nSPS) is 10.2. The summed E-state index contributed by atoms with van der Waals surface area (Å²) < 4.78 is 0. The molecule has 0 saturated heterocycles. The summed E-state index contributed by atoms with van der Waals surface area (Å²) >= 11 is 0. The van der Waals surface area contributed by atoms with E-state index < -0.39 is 0 Å². The second kappa shape index (κ2) is 6.19. The Kier molecular flexibility index (Phi) is 4.35. The third kappa shape index (κ3) is 3.95. The van der Waals surface area contributed by atoms with E-state index >= 15 is 0 Å². The zero-order valence-electron chi connectivity index (χ0n) is 11.5. The molecule has 2 aromatic rings. The van der Waals surface area contributed by atoms with Gasteiger partial charge in [0.25, 0.3) is 0 Å². The van der Waals surface area contributed by atoms with Crippen LogP contribution in [0.2, 0.25) is 0 Å². The maximum Gasteiger partial charge on any atom is 0.156 e. The Morgan fingerprint density at radius 1 is 1.00 bits per heavy atom. The van der Waals surface area contributed by atoms with Crippen molar-refractivity contribution in [2.75, 3.05) is 18.5 Å². The van der Waals surface area contributed by atoms with Crippen molar-refractivity contribution in [3.8, 4) is 0 Å². The molecule has 0 spiro atoms. The molecule has 0 saturated carbocycles. The van der Waals surface area contributed by atoms with Crippen molar-refractivity contribution >= 4 is 11.5 Å². The first-order valence-corrected chi connectivity index (χ1v) is 6.48. The van der Waals surface area contributed by atoms with Gasteiger partial charge < -0.3 is 4.90 Å². The van der Waals surface area contributed by atoms with Crippen LogP contribution in [0.5, 0.6) is 0 Å². The van der Waals surface area contributed by atoms with Gasteiger partial charge in [0, 0.05) is 19.2 Å². The van der Waals surface area contributed by atoms with E-state index in [1.807, 2.05) is 54.4 Å². The van der Waals surface area contributed by atoms with Crippen molar-refractivity contribution in [3.63, 3.8) is 0 Å². The first kappa shape index (κ1) is 13.3. The van der Waals surface area contributed by atoms with E-state index in [0.29, 0.717) is 13.0 Å². The second-order valence-corrected chi connectivity index (χ2v) is 4.89. The van der Waals surface area contributed by atoms with Crippen molar-refractivity contribution in [1.29, 1.82) is 0 Å². The van der Waals surface area contributed by atoms with Gasteiger partial charge in [0.15, 0.2) is 5.78 Å². The highest BCUT2D eigenvalue weighted by molar-refractivity contribution is 5.85. The summed E-state index contributed by atoms with van der Waals surface area (Å²) in [5, 5.41) is 0. The molecule has 0 atom stereocenters. The molecule has 0 aliphatic carbocycles. The number of likely N-dealkylation sites (N-methyl/N-ethyl adjacent to an activating group) is 1. The standard InChI is InChI=1S/C17H19NO/c1-14-8-10-16(11-9-14)18(2)13-17(19)12-15-6-4-3-5-7-15/h3-11H,12-13H2,1-2H3.